The van der Waals surface area contributed by atoms with Gasteiger partial charge in [0.25, 0.3) is 0 Å². The van der Waals surface area contributed by atoms with E-state index >= 15 is 0 Å². The summed E-state index contributed by atoms with van der Waals surface area (Å²) in [7, 11) is 1.46. The molecule has 4 heteroatoms. The van der Waals surface area contributed by atoms with E-state index in [0.29, 0.717) is 0 Å². The zero-order chi connectivity index (χ0) is 14.4. The van der Waals surface area contributed by atoms with Gasteiger partial charge in [-0.2, -0.15) is 0 Å². The van der Waals surface area contributed by atoms with Crippen LogP contribution in [0.2, 0.25) is 0 Å². The molecule has 2 aliphatic heterocycles. The second-order valence-corrected chi connectivity index (χ2v) is 6.08. The molecule has 2 fully saturated rings. The van der Waals surface area contributed by atoms with Gasteiger partial charge in [0, 0.05) is 17.1 Å². The molecule has 4 atom stereocenters. The number of carbonyl (C=O) groups excluding carboxylic acids is 1. The number of rotatable bonds is 2. The molecule has 2 saturated heterocycles. The normalized spacial score (nSPS) is 31.5. The maximum Gasteiger partial charge on any atom is 0.311 e. The van der Waals surface area contributed by atoms with Crippen LogP contribution in [0.1, 0.15) is 30.9 Å². The van der Waals surface area contributed by atoms with E-state index in [9.17, 15) is 4.79 Å². The van der Waals surface area contributed by atoms with Crippen molar-refractivity contribution in [3.63, 3.8) is 0 Å². The first kappa shape index (κ1) is 12.9. The summed E-state index contributed by atoms with van der Waals surface area (Å²) in [6, 6.07) is 10.4. The Hall–Kier alpha value is -1.81. The van der Waals surface area contributed by atoms with Gasteiger partial charge >= 0.3 is 5.97 Å². The Morgan fingerprint density at radius 1 is 1.33 bits per heavy atom. The van der Waals surface area contributed by atoms with Crippen LogP contribution >= 0.6 is 0 Å². The molecule has 0 radical (unpaired) electrons. The van der Waals surface area contributed by atoms with E-state index in [4.69, 9.17) is 9.47 Å². The van der Waals surface area contributed by atoms with Crippen LogP contribution in [0.4, 0.5) is 0 Å². The van der Waals surface area contributed by atoms with Crippen LogP contribution in [-0.2, 0) is 14.3 Å². The van der Waals surface area contributed by atoms with Crippen molar-refractivity contribution in [1.82, 2.24) is 4.98 Å². The number of benzene rings is 1. The molecule has 0 saturated carbocycles. The van der Waals surface area contributed by atoms with Gasteiger partial charge in [-0.1, -0.05) is 18.2 Å². The summed E-state index contributed by atoms with van der Waals surface area (Å²) >= 11 is 0. The molecule has 2 unspecified atom stereocenters. The van der Waals surface area contributed by atoms with Gasteiger partial charge in [0.15, 0.2) is 0 Å². The molecular formula is C17H19NO3. The van der Waals surface area contributed by atoms with Crippen molar-refractivity contribution >= 4 is 16.9 Å². The standard InChI is InChI=1S/C17H19NO3/c1-20-17(19)16-12(9-11-6-7-15(16)21-11)14-8-10-4-2-3-5-13(10)18-14/h2-5,8,11-12,15-16,18H,6-7,9H2,1H3/t11?,12-,15?,16+/m0/s1. The van der Waals surface area contributed by atoms with Crippen LogP contribution in [0, 0.1) is 5.92 Å². The zero-order valence-corrected chi connectivity index (χ0v) is 12.0. The maximum absolute atomic E-state index is 12.2. The molecule has 4 rings (SSSR count). The largest absolute Gasteiger partial charge is 0.469 e. The van der Waals surface area contributed by atoms with Gasteiger partial charge in [-0.25, -0.2) is 0 Å². The second kappa shape index (κ2) is 4.88. The fraction of sp³-hybridized carbons (Fsp3) is 0.471. The first-order valence-electron chi connectivity index (χ1n) is 7.57. The molecule has 110 valence electrons. The number of esters is 1. The minimum absolute atomic E-state index is 0.00705. The van der Waals surface area contributed by atoms with E-state index < -0.39 is 0 Å². The van der Waals surface area contributed by atoms with E-state index in [1.165, 1.54) is 12.5 Å². The van der Waals surface area contributed by atoms with Crippen LogP contribution in [0.15, 0.2) is 30.3 Å². The SMILES string of the molecule is COC(=O)[C@H]1C2CCC(C[C@H]1c1cc3ccccc3[nH]1)O2. The number of hydrogen-bond acceptors (Lipinski definition) is 3. The minimum Gasteiger partial charge on any atom is -0.469 e. The molecule has 21 heavy (non-hydrogen) atoms. The lowest BCUT2D eigenvalue weighted by atomic mass is 9.81. The van der Waals surface area contributed by atoms with Gasteiger partial charge in [0.1, 0.15) is 0 Å². The molecule has 0 aliphatic carbocycles. The number of carbonyl (C=O) groups is 1. The topological polar surface area (TPSA) is 51.3 Å². The highest BCUT2D eigenvalue weighted by molar-refractivity contribution is 5.81. The number of aromatic nitrogens is 1. The molecule has 2 aromatic rings. The summed E-state index contributed by atoms with van der Waals surface area (Å²) in [5.74, 6) is -0.179. The van der Waals surface area contributed by atoms with E-state index in [2.05, 4.69) is 23.2 Å². The quantitative estimate of drug-likeness (QED) is 0.863. The monoisotopic (exact) mass is 285 g/mol. The van der Waals surface area contributed by atoms with Crippen molar-refractivity contribution in [2.24, 2.45) is 5.92 Å². The first-order valence-corrected chi connectivity index (χ1v) is 7.57. The molecule has 3 heterocycles. The van der Waals surface area contributed by atoms with Crippen molar-refractivity contribution in [2.45, 2.75) is 37.4 Å². The number of hydrogen-bond donors (Lipinski definition) is 1. The van der Waals surface area contributed by atoms with Crippen molar-refractivity contribution in [3.8, 4) is 0 Å². The molecule has 1 N–H and O–H groups in total. The Balaban J connectivity index is 1.75. The fourth-order valence-corrected chi connectivity index (χ4v) is 3.93. The second-order valence-electron chi connectivity index (χ2n) is 6.08. The number of nitrogens with one attached hydrogen (secondary N) is 1. The third kappa shape index (κ3) is 2.05. The van der Waals surface area contributed by atoms with Crippen LogP contribution in [0.25, 0.3) is 10.9 Å². The van der Waals surface area contributed by atoms with Gasteiger partial charge in [-0.3, -0.25) is 4.79 Å². The molecule has 1 aromatic heterocycles. The molecule has 2 bridgehead atoms. The average Bonchev–Trinajstić information content (AvgIpc) is 3.10. The minimum atomic E-state index is -0.193. The number of methoxy groups -OCH3 is 1. The molecular weight excluding hydrogens is 266 g/mol. The lowest BCUT2D eigenvalue weighted by Crippen LogP contribution is -2.39. The lowest BCUT2D eigenvalue weighted by molar-refractivity contribution is -0.156. The Morgan fingerprint density at radius 3 is 3.00 bits per heavy atom. The van der Waals surface area contributed by atoms with Crippen LogP contribution in [0.3, 0.4) is 0 Å². The highest BCUT2D eigenvalue weighted by atomic mass is 16.5. The van der Waals surface area contributed by atoms with Crippen molar-refractivity contribution < 1.29 is 14.3 Å². The first-order chi connectivity index (χ1) is 10.3. The predicted molar refractivity (Wildman–Crippen MR) is 79.1 cm³/mol. The van der Waals surface area contributed by atoms with Crippen LogP contribution in [-0.4, -0.2) is 30.3 Å². The van der Waals surface area contributed by atoms with Gasteiger partial charge < -0.3 is 14.5 Å². The van der Waals surface area contributed by atoms with Gasteiger partial charge in [-0.05, 0) is 36.8 Å². The van der Waals surface area contributed by atoms with Crippen molar-refractivity contribution in [1.29, 1.82) is 0 Å². The average molecular weight is 285 g/mol. The summed E-state index contributed by atoms with van der Waals surface area (Å²) in [4.78, 5) is 15.7. The highest BCUT2D eigenvalue weighted by Crippen LogP contribution is 2.45. The van der Waals surface area contributed by atoms with Crippen molar-refractivity contribution in [3.05, 3.63) is 36.0 Å². The lowest BCUT2D eigenvalue weighted by Gasteiger charge is -2.34. The number of aromatic amines is 1. The van der Waals surface area contributed by atoms with Crippen LogP contribution < -0.4 is 0 Å². The summed E-state index contributed by atoms with van der Waals surface area (Å²) < 4.78 is 11.0. The smallest absolute Gasteiger partial charge is 0.311 e. The molecule has 2 aliphatic rings. The molecule has 0 spiro atoms. The summed E-state index contributed by atoms with van der Waals surface area (Å²) in [5.41, 5.74) is 2.25. The molecule has 0 amide bonds. The zero-order valence-electron chi connectivity index (χ0n) is 12.0. The fourth-order valence-electron chi connectivity index (χ4n) is 3.93. The van der Waals surface area contributed by atoms with E-state index in [-0.39, 0.29) is 30.0 Å². The Morgan fingerprint density at radius 2 is 2.19 bits per heavy atom. The van der Waals surface area contributed by atoms with Crippen LogP contribution in [0.5, 0.6) is 0 Å². The predicted octanol–water partition coefficient (Wildman–Crippen LogP) is 2.99. The number of H-pyrrole nitrogens is 1. The van der Waals surface area contributed by atoms with Gasteiger partial charge in [0.05, 0.1) is 25.2 Å². The van der Waals surface area contributed by atoms with E-state index in [1.54, 1.807) is 0 Å². The summed E-state index contributed by atoms with van der Waals surface area (Å²) in [6.45, 7) is 0. The third-order valence-corrected chi connectivity index (χ3v) is 4.91. The molecule has 1 aromatic carbocycles. The number of para-hydroxylation sites is 1. The Kier molecular flexibility index (Phi) is 3.00. The Labute approximate surface area is 123 Å². The number of fused-ring (bicyclic) bond motifs is 3. The summed E-state index contributed by atoms with van der Waals surface area (Å²) in [5, 5.41) is 1.19. The maximum atomic E-state index is 12.2. The van der Waals surface area contributed by atoms with Gasteiger partial charge in [-0.15, -0.1) is 0 Å². The third-order valence-electron chi connectivity index (χ3n) is 4.91. The summed E-state index contributed by atoms with van der Waals surface area (Å²) in [6.07, 6.45) is 3.19. The molecule has 4 nitrogen and oxygen atoms in total. The highest BCUT2D eigenvalue weighted by Gasteiger charge is 2.48. The Bertz CT molecular complexity index is 644. The van der Waals surface area contributed by atoms with Crippen molar-refractivity contribution in [2.75, 3.05) is 7.11 Å². The van der Waals surface area contributed by atoms with E-state index in [0.717, 1.165) is 30.5 Å². The van der Waals surface area contributed by atoms with E-state index in [1.807, 2.05) is 12.1 Å². The van der Waals surface area contributed by atoms with Gasteiger partial charge in [0.2, 0.25) is 0 Å². The number of ether oxygens (including phenoxy) is 2.